The molecule has 14 heteroatoms. The lowest BCUT2D eigenvalue weighted by Gasteiger charge is -2.57. The molecule has 1 amide bonds. The summed E-state index contributed by atoms with van der Waals surface area (Å²) in [6.07, 6.45) is 11.0. The zero-order valence-corrected chi connectivity index (χ0v) is 30.3. The molecule has 0 saturated carbocycles. The largest absolute Gasteiger partial charge is 0.491 e. The van der Waals surface area contributed by atoms with E-state index in [0.717, 1.165) is 63.5 Å². The van der Waals surface area contributed by atoms with E-state index in [1.165, 1.54) is 12.0 Å². The monoisotopic (exact) mass is 706 g/mol. The fourth-order valence-electron chi connectivity index (χ4n) is 8.58. The Morgan fingerprint density at radius 1 is 0.981 bits per heavy atom. The number of hydrogen-bond acceptors (Lipinski definition) is 12. The Kier molecular flexibility index (Phi) is 9.19. The Labute approximate surface area is 303 Å². The molecule has 4 aromatic heterocycles. The topological polar surface area (TPSA) is 137 Å². The third-order valence-corrected chi connectivity index (χ3v) is 11.2. The van der Waals surface area contributed by atoms with Crippen LogP contribution in [0.4, 0.5) is 4.79 Å². The first-order chi connectivity index (χ1) is 25.2. The molecule has 6 fully saturated rings. The summed E-state index contributed by atoms with van der Waals surface area (Å²) in [4.78, 5) is 35.9. The van der Waals surface area contributed by atoms with Crippen LogP contribution < -0.4 is 9.47 Å². The van der Waals surface area contributed by atoms with Crippen molar-refractivity contribution < 1.29 is 19.0 Å². The van der Waals surface area contributed by atoms with Crippen molar-refractivity contribution in [2.45, 2.75) is 69.7 Å². The summed E-state index contributed by atoms with van der Waals surface area (Å²) >= 11 is 0. The van der Waals surface area contributed by atoms with Crippen molar-refractivity contribution in [2.75, 3.05) is 59.6 Å². The van der Waals surface area contributed by atoms with E-state index in [9.17, 15) is 10.1 Å². The van der Waals surface area contributed by atoms with E-state index in [2.05, 4.69) is 50.8 Å². The van der Waals surface area contributed by atoms with Crippen LogP contribution in [-0.4, -0.2) is 134 Å². The van der Waals surface area contributed by atoms with Gasteiger partial charge in [-0.15, -0.1) is 0 Å². The van der Waals surface area contributed by atoms with Crippen LogP contribution in [0.25, 0.3) is 16.8 Å². The second kappa shape index (κ2) is 13.9. The molecule has 4 bridgehead atoms. The number of carbonyl (C=O) groups excluding carboxylic acids is 1. The molecule has 10 rings (SSSR count). The lowest BCUT2D eigenvalue weighted by atomic mass is 9.83. The van der Waals surface area contributed by atoms with Crippen molar-refractivity contribution >= 4 is 11.6 Å². The molecule has 0 spiro atoms. The summed E-state index contributed by atoms with van der Waals surface area (Å²) in [6, 6.07) is 9.71. The van der Waals surface area contributed by atoms with Crippen LogP contribution >= 0.6 is 0 Å². The molecule has 0 aliphatic carbocycles. The molecule has 6 saturated heterocycles. The van der Waals surface area contributed by atoms with Crippen LogP contribution in [0.15, 0.2) is 49.2 Å². The highest BCUT2D eigenvalue weighted by atomic mass is 16.6. The van der Waals surface area contributed by atoms with Crippen LogP contribution in [0.1, 0.15) is 50.4 Å². The van der Waals surface area contributed by atoms with E-state index in [1.807, 2.05) is 36.4 Å². The zero-order valence-electron chi connectivity index (χ0n) is 30.3. The fraction of sp³-hybridized carbons (Fsp3) is 0.526. The average Bonchev–Trinajstić information content (AvgIpc) is 3.57. The second-order valence-corrected chi connectivity index (χ2v) is 15.1. The van der Waals surface area contributed by atoms with Crippen molar-refractivity contribution in [1.29, 1.82) is 5.26 Å². The number of nitrogens with zero attached hydrogens (tertiary/aromatic N) is 10. The third kappa shape index (κ3) is 6.53. The second-order valence-electron chi connectivity index (χ2n) is 15.1. The number of piperazine rings is 2. The number of aromatic nitrogens is 5. The lowest BCUT2D eigenvalue weighted by Crippen LogP contribution is -2.70. The summed E-state index contributed by atoms with van der Waals surface area (Å²) in [5.74, 6) is 1.28. The van der Waals surface area contributed by atoms with Gasteiger partial charge in [-0.05, 0) is 31.4 Å². The number of methoxy groups -OCH3 is 1. The molecule has 4 atom stereocenters. The van der Waals surface area contributed by atoms with Crippen LogP contribution in [-0.2, 0) is 16.7 Å². The summed E-state index contributed by atoms with van der Waals surface area (Å²) in [7, 11) is 1.64. The molecule has 14 nitrogen and oxygen atoms in total. The van der Waals surface area contributed by atoms with Gasteiger partial charge in [0.2, 0.25) is 5.88 Å². The van der Waals surface area contributed by atoms with Crippen LogP contribution in [0.5, 0.6) is 11.6 Å². The molecular formula is C38H46N10O4. The number of piperidine rings is 2. The van der Waals surface area contributed by atoms with Gasteiger partial charge < -0.3 is 14.2 Å². The molecule has 4 unspecified atom stereocenters. The molecule has 272 valence electrons. The van der Waals surface area contributed by atoms with E-state index >= 15 is 0 Å². The average molecular weight is 707 g/mol. The Balaban J connectivity index is 0.902. The third-order valence-electron chi connectivity index (χ3n) is 11.2. The summed E-state index contributed by atoms with van der Waals surface area (Å²) < 4.78 is 18.4. The lowest BCUT2D eigenvalue weighted by molar-refractivity contribution is -0.0790. The number of nitriles is 1. The predicted octanol–water partition coefficient (Wildman–Crippen LogP) is 3.60. The van der Waals surface area contributed by atoms with Crippen LogP contribution in [0.3, 0.4) is 0 Å². The SMILES string of the molecule is CCOC(=O)N1C2CC1CN(CCOc1cc(-c3cnc(C(C)(C)CN4CC5CC(C4)N5Cc4ccc(OC)nc4)cn3)c3c(C#N)cnn3c1)C2. The van der Waals surface area contributed by atoms with E-state index in [0.29, 0.717) is 53.7 Å². The molecule has 10 heterocycles. The molecular weight excluding hydrogens is 660 g/mol. The first kappa shape index (κ1) is 34.3. The van der Waals surface area contributed by atoms with E-state index < -0.39 is 0 Å². The minimum Gasteiger partial charge on any atom is -0.491 e. The van der Waals surface area contributed by atoms with Crippen molar-refractivity contribution in [3.63, 3.8) is 0 Å². The van der Waals surface area contributed by atoms with Gasteiger partial charge in [0.05, 0.1) is 66.9 Å². The molecule has 0 radical (unpaired) electrons. The first-order valence-corrected chi connectivity index (χ1v) is 18.2. The number of ether oxygens (including phenoxy) is 3. The highest BCUT2D eigenvalue weighted by Gasteiger charge is 2.48. The van der Waals surface area contributed by atoms with Gasteiger partial charge in [0, 0.05) is 87.3 Å². The Hall–Kier alpha value is -4.84. The molecule has 4 aromatic rings. The highest BCUT2D eigenvalue weighted by molar-refractivity contribution is 5.83. The van der Waals surface area contributed by atoms with Crippen LogP contribution in [0.2, 0.25) is 0 Å². The number of fused-ring (bicyclic) bond motifs is 5. The van der Waals surface area contributed by atoms with Gasteiger partial charge in [-0.25, -0.2) is 14.3 Å². The molecule has 0 N–H and O–H groups in total. The minimum atomic E-state index is -0.211. The molecule has 0 aromatic carbocycles. The quantitative estimate of drug-likeness (QED) is 0.213. The zero-order chi connectivity index (χ0) is 36.0. The van der Waals surface area contributed by atoms with Gasteiger partial charge in [0.1, 0.15) is 18.4 Å². The van der Waals surface area contributed by atoms with Gasteiger partial charge in [-0.2, -0.15) is 10.4 Å². The van der Waals surface area contributed by atoms with Crippen molar-refractivity contribution in [3.05, 3.63) is 66.0 Å². The molecule has 6 aliphatic rings. The standard InChI is InChI=1S/C38H46N10O4/c1-5-51-37(49)48-29-11-30(48)22-44(21-29)8-9-52-31-12-32(36-26(13-39)15-43-47(36)23-31)33-16-41-34(17-40-33)38(2,3)24-45-19-27-10-28(20-45)46(27)18-25-6-7-35(50-4)42-14-25/h6-7,12,14-17,23,27-30H,5,8-11,18-22,24H2,1-4H3. The van der Waals surface area contributed by atoms with Gasteiger partial charge in [-0.1, -0.05) is 19.9 Å². The maximum Gasteiger partial charge on any atom is 0.410 e. The molecule has 52 heavy (non-hydrogen) atoms. The van der Waals surface area contributed by atoms with E-state index in [4.69, 9.17) is 24.2 Å². The summed E-state index contributed by atoms with van der Waals surface area (Å²) in [6.45, 7) is 13.4. The van der Waals surface area contributed by atoms with E-state index in [-0.39, 0.29) is 23.6 Å². The number of pyridine rings is 2. The number of carbonyl (C=O) groups is 1. The maximum atomic E-state index is 12.3. The maximum absolute atomic E-state index is 12.3. The normalized spacial score (nSPS) is 23.1. The van der Waals surface area contributed by atoms with Gasteiger partial charge in [0.15, 0.2) is 0 Å². The minimum absolute atomic E-state index is 0.199. The van der Waals surface area contributed by atoms with Crippen LogP contribution in [0, 0.1) is 11.3 Å². The fourth-order valence-corrected chi connectivity index (χ4v) is 8.58. The van der Waals surface area contributed by atoms with Crippen molar-refractivity contribution in [2.24, 2.45) is 0 Å². The molecule has 6 aliphatic heterocycles. The Morgan fingerprint density at radius 3 is 2.42 bits per heavy atom. The van der Waals surface area contributed by atoms with E-state index in [1.54, 1.807) is 30.2 Å². The van der Waals surface area contributed by atoms with Gasteiger partial charge in [-0.3, -0.25) is 29.6 Å². The summed E-state index contributed by atoms with van der Waals surface area (Å²) in [5, 5.41) is 14.3. The van der Waals surface area contributed by atoms with Gasteiger partial charge in [0.25, 0.3) is 0 Å². The van der Waals surface area contributed by atoms with Crippen molar-refractivity contribution in [3.8, 4) is 29.0 Å². The smallest absolute Gasteiger partial charge is 0.410 e. The number of rotatable bonds is 12. The first-order valence-electron chi connectivity index (χ1n) is 18.2. The summed E-state index contributed by atoms with van der Waals surface area (Å²) in [5.41, 5.74) is 4.47. The van der Waals surface area contributed by atoms with Crippen molar-refractivity contribution in [1.82, 2.24) is 44.2 Å². The number of hydrogen-bond donors (Lipinski definition) is 0. The number of amides is 1. The highest BCUT2D eigenvalue weighted by Crippen LogP contribution is 2.37. The van der Waals surface area contributed by atoms with Gasteiger partial charge >= 0.3 is 6.09 Å². The predicted molar refractivity (Wildman–Crippen MR) is 192 cm³/mol. The Bertz CT molecular complexity index is 1940. The Morgan fingerprint density at radius 2 is 1.75 bits per heavy atom.